The van der Waals surface area contributed by atoms with Crippen molar-refractivity contribution in [3.8, 4) is 5.75 Å². The number of fused-ring (bicyclic) bond motifs is 1. The first-order valence-corrected chi connectivity index (χ1v) is 12.8. The molecule has 3 rings (SSSR count). The number of aryl methyl sites for hydroxylation is 1. The molecule has 0 saturated carbocycles. The molecular formula is C28H38N2O6. The number of carbonyl (C=O) groups excluding carboxylic acids is 1. The topological polar surface area (TPSA) is 102 Å². The lowest BCUT2D eigenvalue weighted by Crippen LogP contribution is -2.48. The average Bonchev–Trinajstić information content (AvgIpc) is 3.19. The fraction of sp³-hybridized carbons (Fsp3) is 0.536. The third kappa shape index (κ3) is 7.68. The van der Waals surface area contributed by atoms with Gasteiger partial charge in [-0.25, -0.2) is 9.78 Å². The molecule has 0 unspecified atom stereocenters. The molecule has 1 atom stereocenters. The van der Waals surface area contributed by atoms with E-state index in [-0.39, 0.29) is 31.9 Å². The summed E-state index contributed by atoms with van der Waals surface area (Å²) in [5.74, 6) is 1.53. The number of aromatic nitrogens is 1. The van der Waals surface area contributed by atoms with E-state index < -0.39 is 12.0 Å². The van der Waals surface area contributed by atoms with Crippen molar-refractivity contribution in [2.45, 2.75) is 72.4 Å². The highest BCUT2D eigenvalue weighted by molar-refractivity contribution is 5.84. The zero-order valence-electron chi connectivity index (χ0n) is 21.8. The summed E-state index contributed by atoms with van der Waals surface area (Å²) in [4.78, 5) is 30.5. The van der Waals surface area contributed by atoms with Gasteiger partial charge in [0.1, 0.15) is 17.6 Å². The molecule has 0 fully saturated rings. The van der Waals surface area contributed by atoms with E-state index in [4.69, 9.17) is 13.9 Å². The molecule has 1 aromatic heterocycles. The molecule has 1 aliphatic heterocycles. The average molecular weight is 499 g/mol. The van der Waals surface area contributed by atoms with Crippen LogP contribution in [0.5, 0.6) is 5.75 Å². The number of hydrogen-bond acceptors (Lipinski definition) is 6. The van der Waals surface area contributed by atoms with E-state index in [9.17, 15) is 14.7 Å². The van der Waals surface area contributed by atoms with Crippen molar-refractivity contribution in [1.82, 2.24) is 9.88 Å². The minimum absolute atomic E-state index is 0.162. The molecule has 0 bridgehead atoms. The smallest absolute Gasteiger partial charge is 0.326 e. The van der Waals surface area contributed by atoms with Gasteiger partial charge in [-0.3, -0.25) is 4.79 Å². The maximum absolute atomic E-state index is 12.7. The first-order chi connectivity index (χ1) is 17.3. The number of nitrogens with zero attached hydrogens (tertiary/aromatic N) is 2. The van der Waals surface area contributed by atoms with Gasteiger partial charge in [0.15, 0.2) is 0 Å². The molecular weight excluding hydrogens is 460 g/mol. The van der Waals surface area contributed by atoms with Crippen molar-refractivity contribution in [3.63, 3.8) is 0 Å². The van der Waals surface area contributed by atoms with Gasteiger partial charge in [0.25, 0.3) is 0 Å². The van der Waals surface area contributed by atoms with Crippen LogP contribution in [0.25, 0.3) is 6.08 Å². The fourth-order valence-electron chi connectivity index (χ4n) is 4.21. The molecule has 0 saturated heterocycles. The number of carboxylic acids is 1. The second-order valence-electron chi connectivity index (χ2n) is 9.48. The van der Waals surface area contributed by atoms with Gasteiger partial charge in [-0.1, -0.05) is 26.0 Å². The summed E-state index contributed by atoms with van der Waals surface area (Å²) in [5, 5.41) is 9.67. The Bertz CT molecular complexity index is 1060. The number of amides is 1. The molecule has 0 aliphatic carbocycles. The number of allylic oxidation sites excluding steroid dienone is 1. The maximum Gasteiger partial charge on any atom is 0.326 e. The van der Waals surface area contributed by atoms with Crippen molar-refractivity contribution < 1.29 is 28.6 Å². The first kappa shape index (κ1) is 27.5. The third-order valence-electron chi connectivity index (χ3n) is 6.27. The maximum atomic E-state index is 12.7. The quantitative estimate of drug-likeness (QED) is 0.395. The van der Waals surface area contributed by atoms with Crippen LogP contribution in [0.4, 0.5) is 0 Å². The van der Waals surface area contributed by atoms with Crippen molar-refractivity contribution in [1.29, 1.82) is 0 Å². The first-order valence-electron chi connectivity index (χ1n) is 12.8. The van der Waals surface area contributed by atoms with Gasteiger partial charge in [-0.2, -0.15) is 0 Å². The van der Waals surface area contributed by atoms with Gasteiger partial charge in [0.2, 0.25) is 11.8 Å². The van der Waals surface area contributed by atoms with E-state index in [1.165, 1.54) is 4.90 Å². The molecule has 2 heterocycles. The lowest BCUT2D eigenvalue weighted by molar-refractivity contribution is -0.151. The Hall–Kier alpha value is -3.13. The molecule has 8 nitrogen and oxygen atoms in total. The van der Waals surface area contributed by atoms with Crippen LogP contribution in [0.15, 0.2) is 28.7 Å². The number of ether oxygens (including phenoxy) is 2. The largest absolute Gasteiger partial charge is 0.493 e. The van der Waals surface area contributed by atoms with E-state index >= 15 is 0 Å². The number of oxazole rings is 1. The highest BCUT2D eigenvalue weighted by Crippen LogP contribution is 2.28. The van der Waals surface area contributed by atoms with Gasteiger partial charge < -0.3 is 23.9 Å². The number of benzene rings is 1. The zero-order valence-corrected chi connectivity index (χ0v) is 21.8. The monoisotopic (exact) mass is 498 g/mol. The number of hydrogen-bond donors (Lipinski definition) is 1. The molecule has 0 radical (unpaired) electrons. The van der Waals surface area contributed by atoms with Crippen LogP contribution in [0.3, 0.4) is 0 Å². The number of carboxylic acid groups (broad SMARTS) is 1. The van der Waals surface area contributed by atoms with Gasteiger partial charge >= 0.3 is 5.97 Å². The van der Waals surface area contributed by atoms with E-state index in [0.29, 0.717) is 37.2 Å². The lowest BCUT2D eigenvalue weighted by Gasteiger charge is -2.34. The van der Waals surface area contributed by atoms with Gasteiger partial charge in [0.05, 0.1) is 25.3 Å². The summed E-state index contributed by atoms with van der Waals surface area (Å²) in [5.41, 5.74) is 2.69. The summed E-state index contributed by atoms with van der Waals surface area (Å²) in [6, 6.07) is 4.77. The fourth-order valence-corrected chi connectivity index (χ4v) is 4.21. The summed E-state index contributed by atoms with van der Waals surface area (Å²) in [7, 11) is 0. The molecule has 1 aromatic carbocycles. The van der Waals surface area contributed by atoms with Crippen molar-refractivity contribution in [3.05, 3.63) is 52.7 Å². The summed E-state index contributed by atoms with van der Waals surface area (Å²) >= 11 is 0. The summed E-state index contributed by atoms with van der Waals surface area (Å²) < 4.78 is 17.0. The molecule has 36 heavy (non-hydrogen) atoms. The Kier molecular flexibility index (Phi) is 10.1. The predicted octanol–water partition coefficient (Wildman–Crippen LogP) is 4.82. The van der Waals surface area contributed by atoms with E-state index in [2.05, 4.69) is 24.9 Å². The second kappa shape index (κ2) is 13.3. The number of aliphatic carboxylic acids is 1. The van der Waals surface area contributed by atoms with Gasteiger partial charge in [0, 0.05) is 26.0 Å². The van der Waals surface area contributed by atoms with E-state index in [1.54, 1.807) is 0 Å². The molecule has 8 heteroatoms. The normalized spacial score (nSPS) is 15.5. The van der Waals surface area contributed by atoms with Crippen LogP contribution in [0.2, 0.25) is 0 Å². The number of carbonyl (C=O) groups is 2. The van der Waals surface area contributed by atoms with Crippen LogP contribution in [-0.4, -0.2) is 52.7 Å². The predicted molar refractivity (Wildman–Crippen MR) is 137 cm³/mol. The van der Waals surface area contributed by atoms with Gasteiger partial charge in [-0.05, 0) is 61.9 Å². The van der Waals surface area contributed by atoms with E-state index in [1.807, 2.05) is 38.1 Å². The van der Waals surface area contributed by atoms with E-state index in [0.717, 1.165) is 35.4 Å². The Balaban J connectivity index is 1.59. The van der Waals surface area contributed by atoms with Crippen LogP contribution in [-0.2, 0) is 33.7 Å². The van der Waals surface area contributed by atoms with Crippen LogP contribution < -0.4 is 4.74 Å². The number of rotatable bonds is 13. The van der Waals surface area contributed by atoms with Gasteiger partial charge in [-0.15, -0.1) is 0 Å². The standard InChI is InChI=1S/C28H38N2O6/c1-5-34-14-13-27(31)30-18-22-16-23(11-10-21(22)17-25(30)28(32)33)35-15-12-24-20(4)36-26(29-24)9-7-6-8-19(2)3/h7,9-11,16,19,25H,5-6,8,12-15,17-18H2,1-4H3,(H,32,33)/b9-7+/t25-/m0/s1. The van der Waals surface area contributed by atoms with Crippen molar-refractivity contribution in [2.75, 3.05) is 19.8 Å². The minimum atomic E-state index is -0.997. The highest BCUT2D eigenvalue weighted by atomic mass is 16.5. The van der Waals surface area contributed by atoms with Crippen LogP contribution in [0.1, 0.15) is 68.5 Å². The molecule has 2 aromatic rings. The van der Waals surface area contributed by atoms with Crippen LogP contribution in [0, 0.1) is 12.8 Å². The Morgan fingerprint density at radius 2 is 2.08 bits per heavy atom. The summed E-state index contributed by atoms with van der Waals surface area (Å²) in [6.07, 6.45) is 7.20. The van der Waals surface area contributed by atoms with Crippen molar-refractivity contribution >= 4 is 18.0 Å². The Labute approximate surface area is 213 Å². The van der Waals surface area contributed by atoms with Crippen LogP contribution >= 0.6 is 0 Å². The second-order valence-corrected chi connectivity index (χ2v) is 9.48. The Morgan fingerprint density at radius 3 is 2.81 bits per heavy atom. The summed E-state index contributed by atoms with van der Waals surface area (Å²) in [6.45, 7) is 9.64. The molecule has 1 N–H and O–H groups in total. The molecule has 0 spiro atoms. The molecule has 1 amide bonds. The SMILES string of the molecule is CCOCCC(=O)N1Cc2cc(OCCc3nc(/C=C/CCC(C)C)oc3C)ccc2C[C@H]1C(=O)O. The minimum Gasteiger partial charge on any atom is -0.493 e. The zero-order chi connectivity index (χ0) is 26.1. The highest BCUT2D eigenvalue weighted by Gasteiger charge is 2.34. The Morgan fingerprint density at radius 1 is 1.28 bits per heavy atom. The van der Waals surface area contributed by atoms with Crippen molar-refractivity contribution in [2.24, 2.45) is 5.92 Å². The molecule has 1 aliphatic rings. The lowest BCUT2D eigenvalue weighted by atomic mass is 9.93. The third-order valence-corrected chi connectivity index (χ3v) is 6.27. The molecule has 196 valence electrons.